The van der Waals surface area contributed by atoms with Crippen LogP contribution in [0.15, 0.2) is 28.7 Å². The summed E-state index contributed by atoms with van der Waals surface area (Å²) in [6.07, 6.45) is 2.22. The van der Waals surface area contributed by atoms with Crippen molar-refractivity contribution in [3.05, 3.63) is 28.7 Å². The Morgan fingerprint density at radius 2 is 2.28 bits per heavy atom. The van der Waals surface area contributed by atoms with E-state index in [1.54, 1.807) is 0 Å². The molecule has 18 heavy (non-hydrogen) atoms. The molecule has 0 aliphatic carbocycles. The van der Waals surface area contributed by atoms with Crippen LogP contribution < -0.4 is 10.6 Å². The van der Waals surface area contributed by atoms with Crippen LogP contribution in [0.3, 0.4) is 0 Å². The van der Waals surface area contributed by atoms with E-state index in [2.05, 4.69) is 26.6 Å². The van der Waals surface area contributed by atoms with Crippen molar-refractivity contribution in [1.29, 1.82) is 0 Å². The highest BCUT2D eigenvalue weighted by atomic mass is 79.9. The van der Waals surface area contributed by atoms with Gasteiger partial charge in [-0.1, -0.05) is 12.1 Å². The second kappa shape index (κ2) is 6.20. The molecule has 5 heteroatoms. The molecular weight excluding hydrogens is 296 g/mol. The van der Waals surface area contributed by atoms with Crippen LogP contribution in [0, 0.1) is 0 Å². The SMILES string of the molecule is C[C@@H](NC(=O)Nc1ccccc1Br)[C@H]1CCCO1. The summed E-state index contributed by atoms with van der Waals surface area (Å²) in [5, 5.41) is 5.71. The summed E-state index contributed by atoms with van der Waals surface area (Å²) < 4.78 is 6.40. The van der Waals surface area contributed by atoms with Crippen LogP contribution >= 0.6 is 15.9 Å². The Morgan fingerprint density at radius 1 is 1.50 bits per heavy atom. The molecule has 2 atom stereocenters. The number of para-hydroxylation sites is 1. The average Bonchev–Trinajstić information content (AvgIpc) is 2.85. The predicted octanol–water partition coefficient (Wildman–Crippen LogP) is 3.14. The fourth-order valence-corrected chi connectivity index (χ4v) is 2.40. The number of benzene rings is 1. The number of hydrogen-bond acceptors (Lipinski definition) is 2. The van der Waals surface area contributed by atoms with Gasteiger partial charge < -0.3 is 15.4 Å². The van der Waals surface area contributed by atoms with Crippen molar-refractivity contribution in [1.82, 2.24) is 5.32 Å². The molecule has 1 heterocycles. The lowest BCUT2D eigenvalue weighted by molar-refractivity contribution is 0.0868. The van der Waals surface area contributed by atoms with E-state index in [1.807, 2.05) is 31.2 Å². The molecule has 1 fully saturated rings. The Kier molecular flexibility index (Phi) is 4.60. The number of carbonyl (C=O) groups is 1. The molecule has 4 nitrogen and oxygen atoms in total. The van der Waals surface area contributed by atoms with E-state index in [0.29, 0.717) is 0 Å². The molecule has 1 aromatic rings. The summed E-state index contributed by atoms with van der Waals surface area (Å²) in [5.41, 5.74) is 0.759. The van der Waals surface area contributed by atoms with Gasteiger partial charge >= 0.3 is 6.03 Å². The molecule has 0 spiro atoms. The Hall–Kier alpha value is -1.07. The van der Waals surface area contributed by atoms with Crippen molar-refractivity contribution >= 4 is 27.6 Å². The molecule has 0 aromatic heterocycles. The number of rotatable bonds is 3. The highest BCUT2D eigenvalue weighted by Crippen LogP contribution is 2.21. The Labute approximate surface area is 115 Å². The standard InChI is InChI=1S/C13H17BrN2O2/c1-9(12-7-4-8-18-12)15-13(17)16-11-6-3-2-5-10(11)14/h2-3,5-6,9,12H,4,7-8H2,1H3,(H2,15,16,17)/t9-,12-/m1/s1. The summed E-state index contributed by atoms with van der Waals surface area (Å²) in [6, 6.07) is 7.34. The zero-order valence-electron chi connectivity index (χ0n) is 10.3. The van der Waals surface area contributed by atoms with E-state index in [-0.39, 0.29) is 18.2 Å². The summed E-state index contributed by atoms with van der Waals surface area (Å²) >= 11 is 3.39. The van der Waals surface area contributed by atoms with Crippen LogP contribution in [0.25, 0.3) is 0 Å². The van der Waals surface area contributed by atoms with E-state index in [9.17, 15) is 4.79 Å². The number of anilines is 1. The van der Waals surface area contributed by atoms with Crippen molar-refractivity contribution < 1.29 is 9.53 Å². The van der Waals surface area contributed by atoms with E-state index >= 15 is 0 Å². The summed E-state index contributed by atoms with van der Waals surface area (Å²) in [7, 11) is 0. The lowest BCUT2D eigenvalue weighted by Gasteiger charge is -2.20. The quantitative estimate of drug-likeness (QED) is 0.901. The third kappa shape index (κ3) is 3.46. The third-order valence-electron chi connectivity index (χ3n) is 3.00. The van der Waals surface area contributed by atoms with E-state index in [0.717, 1.165) is 29.6 Å². The van der Waals surface area contributed by atoms with Gasteiger partial charge in [0.05, 0.1) is 17.8 Å². The van der Waals surface area contributed by atoms with Gasteiger partial charge in [-0.2, -0.15) is 0 Å². The highest BCUT2D eigenvalue weighted by molar-refractivity contribution is 9.10. The predicted molar refractivity (Wildman–Crippen MR) is 74.7 cm³/mol. The number of halogens is 1. The lowest BCUT2D eigenvalue weighted by atomic mass is 10.1. The average molecular weight is 313 g/mol. The fraction of sp³-hybridized carbons (Fsp3) is 0.462. The minimum atomic E-state index is -0.204. The molecule has 0 unspecified atom stereocenters. The topological polar surface area (TPSA) is 50.4 Å². The minimum absolute atomic E-state index is 0.0231. The normalized spacial score (nSPS) is 20.4. The first kappa shape index (κ1) is 13.4. The molecular formula is C13H17BrN2O2. The third-order valence-corrected chi connectivity index (χ3v) is 3.69. The summed E-state index contributed by atoms with van der Waals surface area (Å²) in [5.74, 6) is 0. The summed E-state index contributed by atoms with van der Waals surface area (Å²) in [6.45, 7) is 2.76. The molecule has 2 N–H and O–H groups in total. The van der Waals surface area contributed by atoms with Crippen LogP contribution in [-0.2, 0) is 4.74 Å². The van der Waals surface area contributed by atoms with Crippen LogP contribution in [0.2, 0.25) is 0 Å². The van der Waals surface area contributed by atoms with Gasteiger partial charge in [0.2, 0.25) is 0 Å². The smallest absolute Gasteiger partial charge is 0.319 e. The maximum atomic E-state index is 11.8. The van der Waals surface area contributed by atoms with E-state index in [4.69, 9.17) is 4.74 Å². The second-order valence-electron chi connectivity index (χ2n) is 4.42. The number of amides is 2. The second-order valence-corrected chi connectivity index (χ2v) is 5.27. The first-order chi connectivity index (χ1) is 8.66. The zero-order valence-corrected chi connectivity index (χ0v) is 11.9. The highest BCUT2D eigenvalue weighted by Gasteiger charge is 2.23. The molecule has 0 bridgehead atoms. The van der Waals surface area contributed by atoms with Crippen LogP contribution in [0.5, 0.6) is 0 Å². The molecule has 2 rings (SSSR count). The largest absolute Gasteiger partial charge is 0.376 e. The van der Waals surface area contributed by atoms with Crippen molar-refractivity contribution in [2.45, 2.75) is 31.9 Å². The Morgan fingerprint density at radius 3 is 2.94 bits per heavy atom. The number of nitrogens with one attached hydrogen (secondary N) is 2. The van der Waals surface area contributed by atoms with Crippen LogP contribution in [0.1, 0.15) is 19.8 Å². The van der Waals surface area contributed by atoms with Crippen molar-refractivity contribution in [3.63, 3.8) is 0 Å². The van der Waals surface area contributed by atoms with Gasteiger partial charge in [0.15, 0.2) is 0 Å². The summed E-state index contributed by atoms with van der Waals surface area (Å²) in [4.78, 5) is 11.8. The van der Waals surface area contributed by atoms with Crippen LogP contribution in [-0.4, -0.2) is 24.8 Å². The number of urea groups is 1. The molecule has 1 aliphatic heterocycles. The van der Waals surface area contributed by atoms with Crippen LogP contribution in [0.4, 0.5) is 10.5 Å². The van der Waals surface area contributed by atoms with E-state index < -0.39 is 0 Å². The molecule has 2 amide bonds. The molecule has 0 saturated carbocycles. The minimum Gasteiger partial charge on any atom is -0.376 e. The van der Waals surface area contributed by atoms with Crippen molar-refractivity contribution in [3.8, 4) is 0 Å². The zero-order chi connectivity index (χ0) is 13.0. The van der Waals surface area contributed by atoms with Gasteiger partial charge in [0.1, 0.15) is 0 Å². The first-order valence-corrected chi connectivity index (χ1v) is 6.90. The van der Waals surface area contributed by atoms with Crippen molar-refractivity contribution in [2.24, 2.45) is 0 Å². The molecule has 0 radical (unpaired) electrons. The molecule has 1 saturated heterocycles. The Balaban J connectivity index is 1.86. The van der Waals surface area contributed by atoms with Crippen molar-refractivity contribution in [2.75, 3.05) is 11.9 Å². The van der Waals surface area contributed by atoms with Gasteiger partial charge in [-0.3, -0.25) is 0 Å². The molecule has 1 aromatic carbocycles. The monoisotopic (exact) mass is 312 g/mol. The van der Waals surface area contributed by atoms with Gasteiger partial charge in [-0.25, -0.2) is 4.79 Å². The van der Waals surface area contributed by atoms with Gasteiger partial charge in [0, 0.05) is 11.1 Å². The van der Waals surface area contributed by atoms with Gasteiger partial charge in [-0.15, -0.1) is 0 Å². The van der Waals surface area contributed by atoms with Gasteiger partial charge in [-0.05, 0) is 47.8 Å². The van der Waals surface area contributed by atoms with Gasteiger partial charge in [0.25, 0.3) is 0 Å². The fourth-order valence-electron chi connectivity index (χ4n) is 2.02. The number of carbonyl (C=O) groups excluding carboxylic acids is 1. The maximum absolute atomic E-state index is 11.8. The first-order valence-electron chi connectivity index (χ1n) is 6.10. The number of ether oxygens (including phenoxy) is 1. The molecule has 98 valence electrons. The lowest BCUT2D eigenvalue weighted by Crippen LogP contribution is -2.43. The molecule has 1 aliphatic rings. The van der Waals surface area contributed by atoms with E-state index in [1.165, 1.54) is 0 Å². The number of hydrogen-bond donors (Lipinski definition) is 2. The Bertz CT molecular complexity index is 419. The maximum Gasteiger partial charge on any atom is 0.319 e.